The quantitative estimate of drug-likeness (QED) is 0.599. The van der Waals surface area contributed by atoms with Crippen LogP contribution in [0, 0.1) is 12.8 Å². The first-order valence-corrected chi connectivity index (χ1v) is 7.25. The van der Waals surface area contributed by atoms with Crippen molar-refractivity contribution in [3.63, 3.8) is 0 Å². The summed E-state index contributed by atoms with van der Waals surface area (Å²) in [6.45, 7) is 12.7. The third-order valence-electron chi connectivity index (χ3n) is 2.27. The van der Waals surface area contributed by atoms with Gasteiger partial charge in [-0.2, -0.15) is 0 Å². The van der Waals surface area contributed by atoms with Crippen molar-refractivity contribution in [2.24, 2.45) is 5.92 Å². The smallest absolute Gasteiger partial charge is 0.136 e. The second kappa shape index (κ2) is 5.57. The zero-order valence-electron chi connectivity index (χ0n) is 11.5. The lowest BCUT2D eigenvalue weighted by molar-refractivity contribution is 0.537. The lowest BCUT2D eigenvalue weighted by Gasteiger charge is -2.19. The van der Waals surface area contributed by atoms with Crippen molar-refractivity contribution in [1.82, 2.24) is 9.97 Å². The molecule has 0 radical (unpaired) electrons. The summed E-state index contributed by atoms with van der Waals surface area (Å²) >= 11 is 7.94. The lowest BCUT2D eigenvalue weighted by Crippen LogP contribution is -2.17. The van der Waals surface area contributed by atoms with Crippen molar-refractivity contribution in [3.05, 3.63) is 16.5 Å². The van der Waals surface area contributed by atoms with E-state index in [-0.39, 0.29) is 5.41 Å². The molecule has 4 heteroatoms. The summed E-state index contributed by atoms with van der Waals surface area (Å²) in [7, 11) is 0. The van der Waals surface area contributed by atoms with Gasteiger partial charge in [-0.3, -0.25) is 0 Å². The molecule has 17 heavy (non-hydrogen) atoms. The van der Waals surface area contributed by atoms with E-state index in [0.29, 0.717) is 11.1 Å². The molecule has 1 aromatic heterocycles. The summed E-state index contributed by atoms with van der Waals surface area (Å²) in [5, 5.41) is 1.60. The van der Waals surface area contributed by atoms with Crippen LogP contribution >= 0.6 is 23.4 Å². The molecule has 0 N–H and O–H groups in total. The van der Waals surface area contributed by atoms with E-state index in [1.807, 2.05) is 6.92 Å². The molecular weight excluding hydrogens is 252 g/mol. The van der Waals surface area contributed by atoms with Crippen LogP contribution in [0.2, 0.25) is 5.15 Å². The standard InChI is InChI=1S/C13H21ClN2S/c1-8(2)7-17-11-9(3)10(14)15-12(16-11)13(4,5)6/h8H,7H2,1-6H3. The Kier molecular flexibility index (Phi) is 4.85. The van der Waals surface area contributed by atoms with Gasteiger partial charge in [0.25, 0.3) is 0 Å². The van der Waals surface area contributed by atoms with E-state index in [2.05, 4.69) is 44.6 Å². The highest BCUT2D eigenvalue weighted by Gasteiger charge is 2.20. The van der Waals surface area contributed by atoms with E-state index >= 15 is 0 Å². The summed E-state index contributed by atoms with van der Waals surface area (Å²) in [5.74, 6) is 2.52. The second-order valence-electron chi connectivity index (χ2n) is 5.72. The molecule has 0 saturated heterocycles. The van der Waals surface area contributed by atoms with Crippen molar-refractivity contribution in [1.29, 1.82) is 0 Å². The maximum absolute atomic E-state index is 6.18. The Bertz CT molecular complexity index is 397. The van der Waals surface area contributed by atoms with Gasteiger partial charge >= 0.3 is 0 Å². The summed E-state index contributed by atoms with van der Waals surface area (Å²) in [5.41, 5.74) is 0.926. The Morgan fingerprint density at radius 1 is 1.24 bits per heavy atom. The molecule has 0 aromatic carbocycles. The van der Waals surface area contributed by atoms with E-state index in [1.54, 1.807) is 11.8 Å². The number of thioether (sulfide) groups is 1. The summed E-state index contributed by atoms with van der Waals surface area (Å²) in [6.07, 6.45) is 0. The average molecular weight is 273 g/mol. The molecule has 0 aliphatic rings. The van der Waals surface area contributed by atoms with Gasteiger partial charge in [0.15, 0.2) is 0 Å². The molecule has 0 saturated carbocycles. The van der Waals surface area contributed by atoms with Crippen molar-refractivity contribution >= 4 is 23.4 Å². The van der Waals surface area contributed by atoms with Gasteiger partial charge < -0.3 is 0 Å². The van der Waals surface area contributed by atoms with Crippen LogP contribution in [0.1, 0.15) is 46.0 Å². The Hall–Kier alpha value is -0.280. The van der Waals surface area contributed by atoms with Gasteiger partial charge in [-0.15, -0.1) is 11.8 Å². The third-order valence-corrected chi connectivity index (χ3v) is 4.14. The number of rotatable bonds is 3. The normalized spacial score (nSPS) is 12.2. The molecule has 2 nitrogen and oxygen atoms in total. The first-order chi connectivity index (χ1) is 7.71. The predicted molar refractivity (Wildman–Crippen MR) is 76.0 cm³/mol. The van der Waals surface area contributed by atoms with Gasteiger partial charge in [0.1, 0.15) is 16.0 Å². The highest BCUT2D eigenvalue weighted by Crippen LogP contribution is 2.29. The van der Waals surface area contributed by atoms with Gasteiger partial charge in [-0.25, -0.2) is 9.97 Å². The fourth-order valence-electron chi connectivity index (χ4n) is 1.19. The van der Waals surface area contributed by atoms with E-state index in [1.165, 1.54) is 0 Å². The highest BCUT2D eigenvalue weighted by molar-refractivity contribution is 7.99. The van der Waals surface area contributed by atoms with Crippen LogP contribution in [0.25, 0.3) is 0 Å². The first-order valence-electron chi connectivity index (χ1n) is 5.89. The van der Waals surface area contributed by atoms with Crippen molar-refractivity contribution in [2.75, 3.05) is 5.75 Å². The Labute approximate surface area is 114 Å². The molecule has 0 unspecified atom stereocenters. The molecular formula is C13H21ClN2S. The van der Waals surface area contributed by atoms with Gasteiger partial charge in [0, 0.05) is 16.7 Å². The van der Waals surface area contributed by atoms with Crippen LogP contribution in [0.5, 0.6) is 0 Å². The number of hydrogen-bond donors (Lipinski definition) is 0. The zero-order chi connectivity index (χ0) is 13.2. The molecule has 96 valence electrons. The van der Waals surface area contributed by atoms with Gasteiger partial charge in [-0.1, -0.05) is 46.2 Å². The van der Waals surface area contributed by atoms with Crippen LogP contribution in [0.3, 0.4) is 0 Å². The summed E-state index contributed by atoms with van der Waals surface area (Å²) in [6, 6.07) is 0. The van der Waals surface area contributed by atoms with Gasteiger partial charge in [0.2, 0.25) is 0 Å². The monoisotopic (exact) mass is 272 g/mol. The molecule has 0 atom stereocenters. The van der Waals surface area contributed by atoms with Gasteiger partial charge in [0.05, 0.1) is 0 Å². The minimum Gasteiger partial charge on any atom is -0.226 e. The Morgan fingerprint density at radius 3 is 2.29 bits per heavy atom. The molecule has 0 spiro atoms. The molecule has 0 amide bonds. The predicted octanol–water partition coefficient (Wildman–Crippen LogP) is 4.48. The fraction of sp³-hybridized carbons (Fsp3) is 0.692. The zero-order valence-corrected chi connectivity index (χ0v) is 13.0. The van der Waals surface area contributed by atoms with Crippen molar-refractivity contribution < 1.29 is 0 Å². The highest BCUT2D eigenvalue weighted by atomic mass is 35.5. The maximum Gasteiger partial charge on any atom is 0.136 e. The lowest BCUT2D eigenvalue weighted by atomic mass is 9.96. The Balaban J connectivity index is 3.07. The fourth-order valence-corrected chi connectivity index (χ4v) is 2.37. The molecule has 0 fully saturated rings. The Morgan fingerprint density at radius 2 is 1.82 bits per heavy atom. The number of hydrogen-bond acceptors (Lipinski definition) is 3. The molecule has 1 rings (SSSR count). The molecule has 1 heterocycles. The van der Waals surface area contributed by atoms with Crippen LogP contribution in [-0.4, -0.2) is 15.7 Å². The molecule has 0 aliphatic carbocycles. The second-order valence-corrected chi connectivity index (χ2v) is 7.09. The minimum absolute atomic E-state index is 0.0650. The van der Waals surface area contributed by atoms with Crippen molar-refractivity contribution in [3.8, 4) is 0 Å². The topological polar surface area (TPSA) is 25.8 Å². The van der Waals surface area contributed by atoms with E-state index in [4.69, 9.17) is 11.6 Å². The average Bonchev–Trinajstić information content (AvgIpc) is 2.18. The van der Waals surface area contributed by atoms with Crippen LogP contribution in [-0.2, 0) is 5.41 Å². The minimum atomic E-state index is -0.0650. The molecule has 0 bridgehead atoms. The maximum atomic E-state index is 6.18. The number of halogens is 1. The van der Waals surface area contributed by atoms with Crippen LogP contribution < -0.4 is 0 Å². The molecule has 0 aliphatic heterocycles. The van der Waals surface area contributed by atoms with E-state index in [0.717, 1.165) is 22.2 Å². The molecule has 1 aromatic rings. The number of aromatic nitrogens is 2. The van der Waals surface area contributed by atoms with Gasteiger partial charge in [-0.05, 0) is 12.8 Å². The largest absolute Gasteiger partial charge is 0.226 e. The van der Waals surface area contributed by atoms with Crippen LogP contribution in [0.4, 0.5) is 0 Å². The van der Waals surface area contributed by atoms with E-state index in [9.17, 15) is 0 Å². The van der Waals surface area contributed by atoms with Crippen molar-refractivity contribution in [2.45, 2.75) is 52.0 Å². The van der Waals surface area contributed by atoms with Crippen LogP contribution in [0.15, 0.2) is 5.03 Å². The number of nitrogens with zero attached hydrogens (tertiary/aromatic N) is 2. The summed E-state index contributed by atoms with van der Waals surface area (Å²) < 4.78 is 0. The first kappa shape index (κ1) is 14.8. The van der Waals surface area contributed by atoms with E-state index < -0.39 is 0 Å². The SMILES string of the molecule is Cc1c(Cl)nc(C(C)(C)C)nc1SCC(C)C. The summed E-state index contributed by atoms with van der Waals surface area (Å²) in [4.78, 5) is 9.02. The third kappa shape index (κ3) is 4.14.